The number of hydrogen-bond donors (Lipinski definition) is 0. The first kappa shape index (κ1) is 18.3. The molecule has 0 amide bonds. The van der Waals surface area contributed by atoms with Crippen molar-refractivity contribution in [2.75, 3.05) is 0 Å². The molecule has 1 aliphatic carbocycles. The third kappa shape index (κ3) is 3.41. The lowest BCUT2D eigenvalue weighted by Gasteiger charge is -2.15. The normalized spacial score (nSPS) is 12.4. The number of nitrogens with zero attached hydrogens (tertiary/aromatic N) is 2. The van der Waals surface area contributed by atoms with Crippen LogP contribution in [0.5, 0.6) is 0 Å². The number of thiophene rings is 1. The third-order valence-electron chi connectivity index (χ3n) is 4.96. The van der Waals surface area contributed by atoms with Gasteiger partial charge in [-0.05, 0) is 63.7 Å². The van der Waals surface area contributed by atoms with Crippen LogP contribution in [0.25, 0.3) is 16.1 Å². The number of aromatic nitrogens is 2. The number of aryl methyl sites for hydroxylation is 2. The van der Waals surface area contributed by atoms with E-state index < -0.39 is 0 Å². The zero-order chi connectivity index (χ0) is 20.0. The molecule has 0 atom stereocenters. The summed E-state index contributed by atoms with van der Waals surface area (Å²) in [5.41, 5.74) is 4.42. The van der Waals surface area contributed by atoms with E-state index in [9.17, 15) is 9.59 Å². The molecule has 29 heavy (non-hydrogen) atoms. The van der Waals surface area contributed by atoms with Gasteiger partial charge in [-0.2, -0.15) is 0 Å². The number of hydrogen-bond acceptors (Lipinski definition) is 5. The van der Waals surface area contributed by atoms with Gasteiger partial charge in [0.2, 0.25) is 0 Å². The Bertz CT molecular complexity index is 1330. The van der Waals surface area contributed by atoms with Gasteiger partial charge in [0.15, 0.2) is 0 Å². The number of ether oxygens (including phenoxy) is 1. The van der Waals surface area contributed by atoms with Crippen molar-refractivity contribution < 1.29 is 9.53 Å². The zero-order valence-corrected chi connectivity index (χ0v) is 17.6. The largest absolute Gasteiger partial charge is 0.455 e. The molecule has 0 bridgehead atoms. The summed E-state index contributed by atoms with van der Waals surface area (Å²) in [7, 11) is 0. The van der Waals surface area contributed by atoms with E-state index in [1.165, 1.54) is 38.5 Å². The summed E-state index contributed by atoms with van der Waals surface area (Å²) in [6, 6.07) is 15.2. The first-order valence-corrected chi connectivity index (χ1v) is 10.8. The molecule has 3 heterocycles. The number of esters is 1. The van der Waals surface area contributed by atoms with Crippen molar-refractivity contribution >= 4 is 38.9 Å². The van der Waals surface area contributed by atoms with Gasteiger partial charge in [0.1, 0.15) is 17.1 Å². The van der Waals surface area contributed by atoms with Gasteiger partial charge < -0.3 is 4.74 Å². The second kappa shape index (κ2) is 7.24. The van der Waals surface area contributed by atoms with Crippen LogP contribution in [0.15, 0.2) is 64.0 Å². The minimum atomic E-state index is -0.389. The van der Waals surface area contributed by atoms with E-state index in [1.807, 2.05) is 24.3 Å². The highest BCUT2D eigenvalue weighted by Gasteiger charge is 2.22. The minimum Gasteiger partial charge on any atom is -0.455 e. The summed E-state index contributed by atoms with van der Waals surface area (Å²) in [5, 5.41) is 0. The topological polar surface area (TPSA) is 60.7 Å². The predicted molar refractivity (Wildman–Crippen MR) is 115 cm³/mol. The summed E-state index contributed by atoms with van der Waals surface area (Å²) in [6.45, 7) is -0.0419. The molecule has 1 aliphatic rings. The Kier molecular flexibility index (Phi) is 4.56. The van der Waals surface area contributed by atoms with Crippen molar-refractivity contribution in [2.24, 2.45) is 0 Å². The van der Waals surface area contributed by atoms with Crippen molar-refractivity contribution in [3.63, 3.8) is 0 Å². The SMILES string of the molecule is O=C(OCc1cc(=O)n2cc(Br)ccc2n1)c1cc2c(s1)-c1ccccc1CC2. The lowest BCUT2D eigenvalue weighted by molar-refractivity contribution is 0.0473. The highest BCUT2D eigenvalue weighted by atomic mass is 79.9. The van der Waals surface area contributed by atoms with E-state index in [0.29, 0.717) is 16.2 Å². The summed E-state index contributed by atoms with van der Waals surface area (Å²) in [6.07, 6.45) is 3.57. The molecular weight excluding hydrogens is 452 g/mol. The maximum absolute atomic E-state index is 12.6. The van der Waals surface area contributed by atoms with Gasteiger partial charge in [-0.1, -0.05) is 24.3 Å². The number of fused-ring (bicyclic) bond motifs is 4. The number of carbonyl (C=O) groups is 1. The Morgan fingerprint density at radius 2 is 1.97 bits per heavy atom. The molecule has 0 spiro atoms. The molecule has 144 valence electrons. The van der Waals surface area contributed by atoms with E-state index in [4.69, 9.17) is 4.74 Å². The van der Waals surface area contributed by atoms with E-state index >= 15 is 0 Å². The minimum absolute atomic E-state index is 0.0419. The molecule has 0 N–H and O–H groups in total. The third-order valence-corrected chi connectivity index (χ3v) is 6.62. The van der Waals surface area contributed by atoms with Crippen molar-refractivity contribution in [1.29, 1.82) is 0 Å². The van der Waals surface area contributed by atoms with E-state index in [1.54, 1.807) is 12.3 Å². The van der Waals surface area contributed by atoms with Crippen molar-refractivity contribution in [3.05, 3.63) is 91.3 Å². The monoisotopic (exact) mass is 466 g/mol. The molecule has 0 saturated heterocycles. The fourth-order valence-electron chi connectivity index (χ4n) is 3.58. The maximum atomic E-state index is 12.6. The molecule has 3 aromatic heterocycles. The first-order chi connectivity index (χ1) is 14.1. The number of carbonyl (C=O) groups excluding carboxylic acids is 1. The van der Waals surface area contributed by atoms with E-state index in [0.717, 1.165) is 22.2 Å². The van der Waals surface area contributed by atoms with Crippen LogP contribution in [-0.4, -0.2) is 15.4 Å². The van der Waals surface area contributed by atoms with Crippen LogP contribution in [0.4, 0.5) is 0 Å². The smallest absolute Gasteiger partial charge is 0.348 e. The van der Waals surface area contributed by atoms with Crippen LogP contribution < -0.4 is 5.56 Å². The Hall–Kier alpha value is -2.77. The fraction of sp³-hybridized carbons (Fsp3) is 0.136. The molecule has 5 rings (SSSR count). The lowest BCUT2D eigenvalue weighted by atomic mass is 9.91. The van der Waals surface area contributed by atoms with E-state index in [-0.39, 0.29) is 18.1 Å². The van der Waals surface area contributed by atoms with Gasteiger partial charge in [-0.25, -0.2) is 9.78 Å². The van der Waals surface area contributed by atoms with E-state index in [2.05, 4.69) is 33.0 Å². The molecule has 0 fully saturated rings. The van der Waals surface area contributed by atoms with Crippen LogP contribution in [0.1, 0.15) is 26.5 Å². The van der Waals surface area contributed by atoms with Crippen LogP contribution in [0.2, 0.25) is 0 Å². The zero-order valence-electron chi connectivity index (χ0n) is 15.2. The van der Waals surface area contributed by atoms with Crippen LogP contribution in [0, 0.1) is 0 Å². The summed E-state index contributed by atoms with van der Waals surface area (Å²) in [4.78, 5) is 31.0. The predicted octanol–water partition coefficient (Wildman–Crippen LogP) is 4.64. The fourth-order valence-corrected chi connectivity index (χ4v) is 5.08. The number of rotatable bonds is 3. The van der Waals surface area contributed by atoms with Gasteiger partial charge in [0.25, 0.3) is 5.56 Å². The maximum Gasteiger partial charge on any atom is 0.348 e. The molecule has 5 nitrogen and oxygen atoms in total. The quantitative estimate of drug-likeness (QED) is 0.412. The Labute approximate surface area is 178 Å². The van der Waals surface area contributed by atoms with Crippen molar-refractivity contribution in [3.8, 4) is 10.4 Å². The Balaban J connectivity index is 1.37. The Morgan fingerprint density at radius 3 is 2.86 bits per heavy atom. The number of pyridine rings is 1. The first-order valence-electron chi connectivity index (χ1n) is 9.14. The Morgan fingerprint density at radius 1 is 1.14 bits per heavy atom. The molecule has 1 aromatic carbocycles. The van der Waals surface area contributed by atoms with Gasteiger partial charge in [0.05, 0.1) is 5.69 Å². The van der Waals surface area contributed by atoms with Crippen LogP contribution >= 0.6 is 27.3 Å². The van der Waals surface area contributed by atoms with Gasteiger partial charge in [0, 0.05) is 21.6 Å². The second-order valence-electron chi connectivity index (χ2n) is 6.86. The second-order valence-corrected chi connectivity index (χ2v) is 8.83. The van der Waals surface area contributed by atoms with Crippen LogP contribution in [-0.2, 0) is 24.2 Å². The van der Waals surface area contributed by atoms with Gasteiger partial charge >= 0.3 is 5.97 Å². The molecule has 0 aliphatic heterocycles. The average molecular weight is 467 g/mol. The molecule has 0 radical (unpaired) electrons. The van der Waals surface area contributed by atoms with Crippen molar-refractivity contribution in [2.45, 2.75) is 19.4 Å². The van der Waals surface area contributed by atoms with Crippen LogP contribution in [0.3, 0.4) is 0 Å². The summed E-state index contributed by atoms with van der Waals surface area (Å²) >= 11 is 4.80. The molecule has 7 heteroatoms. The highest BCUT2D eigenvalue weighted by molar-refractivity contribution is 9.10. The summed E-state index contributed by atoms with van der Waals surface area (Å²) in [5.74, 6) is -0.389. The number of benzene rings is 1. The van der Waals surface area contributed by atoms with Gasteiger partial charge in [-0.15, -0.1) is 11.3 Å². The molecule has 0 saturated carbocycles. The van der Waals surface area contributed by atoms with Gasteiger partial charge in [-0.3, -0.25) is 9.20 Å². The average Bonchev–Trinajstić information content (AvgIpc) is 3.17. The van der Waals surface area contributed by atoms with Crippen molar-refractivity contribution in [1.82, 2.24) is 9.38 Å². The lowest BCUT2D eigenvalue weighted by Crippen LogP contribution is -2.16. The molecule has 4 aromatic rings. The molecule has 0 unspecified atom stereocenters. The number of halogens is 1. The standard InChI is InChI=1S/C22H15BrN2O3S/c23-15-7-8-19-24-16(10-20(26)25(19)11-15)12-28-22(27)18-9-14-6-5-13-3-1-2-4-17(13)21(14)29-18/h1-4,7-11H,5-6,12H2. The highest BCUT2D eigenvalue weighted by Crippen LogP contribution is 2.39. The summed E-state index contributed by atoms with van der Waals surface area (Å²) < 4.78 is 7.69. The molecular formula is C22H15BrN2O3S.